The van der Waals surface area contributed by atoms with Gasteiger partial charge in [-0.3, -0.25) is 19.3 Å². The molecular weight excluding hydrogens is 344 g/mol. The molecule has 2 aliphatic rings. The van der Waals surface area contributed by atoms with Crippen LogP contribution in [-0.2, 0) is 9.59 Å². The molecule has 7 heteroatoms. The van der Waals surface area contributed by atoms with E-state index in [9.17, 15) is 14.4 Å². The number of piperazine rings is 1. The Labute approximate surface area is 160 Å². The number of hydrogen-bond acceptors (Lipinski definition) is 4. The van der Waals surface area contributed by atoms with E-state index in [2.05, 4.69) is 15.5 Å². The van der Waals surface area contributed by atoms with Gasteiger partial charge in [-0.25, -0.2) is 0 Å². The van der Waals surface area contributed by atoms with Crippen molar-refractivity contribution in [2.75, 3.05) is 39.3 Å². The summed E-state index contributed by atoms with van der Waals surface area (Å²) in [7, 11) is 0. The predicted octanol–water partition coefficient (Wildman–Crippen LogP) is 0.538. The monoisotopic (exact) mass is 372 g/mol. The molecule has 1 saturated carbocycles. The van der Waals surface area contributed by atoms with Crippen LogP contribution in [0.15, 0.2) is 24.3 Å². The topological polar surface area (TPSA) is 81.8 Å². The molecule has 0 atom stereocenters. The van der Waals surface area contributed by atoms with Gasteiger partial charge in [0.05, 0.1) is 6.54 Å². The lowest BCUT2D eigenvalue weighted by Crippen LogP contribution is -2.51. The number of nitrogens with zero attached hydrogens (tertiary/aromatic N) is 2. The van der Waals surface area contributed by atoms with Gasteiger partial charge in [0.2, 0.25) is 11.8 Å². The minimum absolute atomic E-state index is 0.0437. The second-order valence-corrected chi connectivity index (χ2v) is 7.32. The van der Waals surface area contributed by atoms with Crippen LogP contribution >= 0.6 is 0 Å². The van der Waals surface area contributed by atoms with E-state index in [1.54, 1.807) is 6.07 Å². The van der Waals surface area contributed by atoms with Gasteiger partial charge in [0.15, 0.2) is 0 Å². The zero-order valence-corrected chi connectivity index (χ0v) is 15.9. The van der Waals surface area contributed by atoms with Crippen LogP contribution in [0, 0.1) is 6.92 Å². The molecule has 2 N–H and O–H groups in total. The average molecular weight is 372 g/mol. The summed E-state index contributed by atoms with van der Waals surface area (Å²) in [6.07, 6.45) is 2.47. The lowest BCUT2D eigenvalue weighted by molar-refractivity contribution is -0.133. The SMILES string of the molecule is Cc1ccccc1C(=O)NCCC(=O)N1CCN(CC(=O)NC2CC2)CC1. The molecule has 7 nitrogen and oxygen atoms in total. The Hall–Kier alpha value is -2.41. The molecule has 0 aromatic heterocycles. The average Bonchev–Trinajstić information content (AvgIpc) is 3.46. The number of aryl methyl sites for hydroxylation is 1. The fourth-order valence-electron chi connectivity index (χ4n) is 3.22. The maximum absolute atomic E-state index is 12.3. The van der Waals surface area contributed by atoms with Crippen LogP contribution in [0.4, 0.5) is 0 Å². The van der Waals surface area contributed by atoms with Crippen molar-refractivity contribution in [3.63, 3.8) is 0 Å². The molecule has 2 fully saturated rings. The van der Waals surface area contributed by atoms with Crippen molar-refractivity contribution in [2.24, 2.45) is 0 Å². The fourth-order valence-corrected chi connectivity index (χ4v) is 3.22. The lowest BCUT2D eigenvalue weighted by Gasteiger charge is -2.34. The molecule has 27 heavy (non-hydrogen) atoms. The van der Waals surface area contributed by atoms with Gasteiger partial charge < -0.3 is 15.5 Å². The second kappa shape index (κ2) is 8.99. The highest BCUT2D eigenvalue weighted by atomic mass is 16.2. The first-order chi connectivity index (χ1) is 13.0. The summed E-state index contributed by atoms with van der Waals surface area (Å²) in [4.78, 5) is 40.3. The molecule has 3 rings (SSSR count). The molecule has 1 saturated heterocycles. The summed E-state index contributed by atoms with van der Waals surface area (Å²) >= 11 is 0. The molecule has 1 aliphatic carbocycles. The van der Waals surface area contributed by atoms with E-state index in [1.165, 1.54) is 0 Å². The van der Waals surface area contributed by atoms with Gasteiger partial charge in [0, 0.05) is 50.7 Å². The van der Waals surface area contributed by atoms with Gasteiger partial charge in [-0.15, -0.1) is 0 Å². The van der Waals surface area contributed by atoms with Crippen LogP contribution < -0.4 is 10.6 Å². The highest BCUT2D eigenvalue weighted by molar-refractivity contribution is 5.95. The van der Waals surface area contributed by atoms with E-state index >= 15 is 0 Å². The van der Waals surface area contributed by atoms with Crippen molar-refractivity contribution in [1.82, 2.24) is 20.4 Å². The van der Waals surface area contributed by atoms with E-state index < -0.39 is 0 Å². The maximum Gasteiger partial charge on any atom is 0.251 e. The molecule has 1 heterocycles. The number of rotatable bonds is 7. The third kappa shape index (κ3) is 5.79. The molecule has 0 radical (unpaired) electrons. The van der Waals surface area contributed by atoms with E-state index in [1.807, 2.05) is 30.0 Å². The minimum atomic E-state index is -0.146. The first kappa shape index (κ1) is 19.4. The number of nitrogens with one attached hydrogen (secondary N) is 2. The first-order valence-corrected chi connectivity index (χ1v) is 9.66. The number of amides is 3. The molecule has 1 aliphatic heterocycles. The quantitative estimate of drug-likeness (QED) is 0.732. The van der Waals surface area contributed by atoms with Crippen molar-refractivity contribution in [3.05, 3.63) is 35.4 Å². The summed E-state index contributed by atoms with van der Waals surface area (Å²) < 4.78 is 0. The Morgan fingerprint density at radius 2 is 1.78 bits per heavy atom. The Balaban J connectivity index is 1.34. The number of benzene rings is 1. The lowest BCUT2D eigenvalue weighted by atomic mass is 10.1. The minimum Gasteiger partial charge on any atom is -0.352 e. The van der Waals surface area contributed by atoms with Crippen LogP contribution in [0.25, 0.3) is 0 Å². The molecule has 146 valence electrons. The third-order valence-corrected chi connectivity index (χ3v) is 5.05. The Morgan fingerprint density at radius 1 is 1.07 bits per heavy atom. The van der Waals surface area contributed by atoms with Crippen molar-refractivity contribution in [2.45, 2.75) is 32.2 Å². The largest absolute Gasteiger partial charge is 0.352 e. The second-order valence-electron chi connectivity index (χ2n) is 7.32. The fraction of sp³-hybridized carbons (Fsp3) is 0.550. The zero-order valence-electron chi connectivity index (χ0n) is 15.9. The predicted molar refractivity (Wildman–Crippen MR) is 102 cm³/mol. The maximum atomic E-state index is 12.3. The van der Waals surface area contributed by atoms with Gasteiger partial charge >= 0.3 is 0 Å². The highest BCUT2D eigenvalue weighted by Gasteiger charge is 2.26. The molecule has 0 unspecified atom stereocenters. The highest BCUT2D eigenvalue weighted by Crippen LogP contribution is 2.18. The number of carbonyl (C=O) groups excluding carboxylic acids is 3. The van der Waals surface area contributed by atoms with Crippen LogP contribution in [0.3, 0.4) is 0 Å². The molecule has 1 aromatic rings. The van der Waals surface area contributed by atoms with E-state index in [-0.39, 0.29) is 17.7 Å². The normalized spacial score (nSPS) is 17.4. The summed E-state index contributed by atoms with van der Waals surface area (Å²) in [5.41, 5.74) is 1.56. The van der Waals surface area contributed by atoms with Gasteiger partial charge in [-0.1, -0.05) is 18.2 Å². The number of hydrogen-bond donors (Lipinski definition) is 2. The van der Waals surface area contributed by atoms with Crippen molar-refractivity contribution < 1.29 is 14.4 Å². The van der Waals surface area contributed by atoms with Crippen molar-refractivity contribution >= 4 is 17.7 Å². The van der Waals surface area contributed by atoms with E-state index in [0.717, 1.165) is 18.4 Å². The smallest absolute Gasteiger partial charge is 0.251 e. The van der Waals surface area contributed by atoms with Crippen LogP contribution in [-0.4, -0.2) is 72.8 Å². The molecule has 0 spiro atoms. The molecule has 0 bridgehead atoms. The van der Waals surface area contributed by atoms with Crippen LogP contribution in [0.5, 0.6) is 0 Å². The van der Waals surface area contributed by atoms with Gasteiger partial charge in [0.25, 0.3) is 5.91 Å². The number of carbonyl (C=O) groups is 3. The molecular formula is C20H28N4O3. The molecule has 1 aromatic carbocycles. The van der Waals surface area contributed by atoms with Crippen molar-refractivity contribution in [1.29, 1.82) is 0 Å². The standard InChI is InChI=1S/C20H28N4O3/c1-15-4-2-3-5-17(15)20(27)21-9-8-19(26)24-12-10-23(11-13-24)14-18(25)22-16-6-7-16/h2-5,16H,6-14H2,1H3,(H,21,27)(H,22,25). The Bertz CT molecular complexity index is 694. The molecule has 3 amide bonds. The Kier molecular flexibility index (Phi) is 6.45. The van der Waals surface area contributed by atoms with E-state index in [4.69, 9.17) is 0 Å². The zero-order chi connectivity index (χ0) is 19.2. The summed E-state index contributed by atoms with van der Waals surface area (Å²) in [6, 6.07) is 7.79. The third-order valence-electron chi connectivity index (χ3n) is 5.05. The van der Waals surface area contributed by atoms with Gasteiger partial charge in [-0.05, 0) is 31.4 Å². The summed E-state index contributed by atoms with van der Waals surface area (Å²) in [6.45, 7) is 5.30. The van der Waals surface area contributed by atoms with Crippen molar-refractivity contribution in [3.8, 4) is 0 Å². The van der Waals surface area contributed by atoms with Crippen LogP contribution in [0.1, 0.15) is 35.2 Å². The van der Waals surface area contributed by atoms with Gasteiger partial charge in [-0.2, -0.15) is 0 Å². The Morgan fingerprint density at radius 3 is 2.44 bits per heavy atom. The van der Waals surface area contributed by atoms with Crippen LogP contribution in [0.2, 0.25) is 0 Å². The summed E-state index contributed by atoms with van der Waals surface area (Å²) in [5, 5.41) is 5.81. The van der Waals surface area contributed by atoms with Gasteiger partial charge in [0.1, 0.15) is 0 Å². The summed E-state index contributed by atoms with van der Waals surface area (Å²) in [5.74, 6) is -0.0224. The van der Waals surface area contributed by atoms with E-state index in [0.29, 0.717) is 57.3 Å². The first-order valence-electron chi connectivity index (χ1n) is 9.66.